The molecule has 2 rings (SSSR count). The molecule has 0 aromatic heterocycles. The molecule has 6 nitrogen and oxygen atoms in total. The van der Waals surface area contributed by atoms with Gasteiger partial charge in [-0.1, -0.05) is 0 Å². The summed E-state index contributed by atoms with van der Waals surface area (Å²) in [6.07, 6.45) is 1.15. The molecular weight excluding hydrogens is 234 g/mol. The number of rotatable bonds is 3. The van der Waals surface area contributed by atoms with Crippen molar-refractivity contribution in [3.05, 3.63) is 0 Å². The highest BCUT2D eigenvalue weighted by molar-refractivity contribution is 6.00. The van der Waals surface area contributed by atoms with Crippen LogP contribution in [0.5, 0.6) is 0 Å². The number of amides is 2. The van der Waals surface area contributed by atoms with Crippen molar-refractivity contribution < 1.29 is 14.3 Å². The van der Waals surface area contributed by atoms with E-state index in [-0.39, 0.29) is 24.0 Å². The van der Waals surface area contributed by atoms with Crippen LogP contribution in [0.3, 0.4) is 0 Å². The molecule has 1 N–H and O–H groups in total. The summed E-state index contributed by atoms with van der Waals surface area (Å²) in [5.74, 6) is -0.220. The summed E-state index contributed by atoms with van der Waals surface area (Å²) in [5, 5.41) is 3.22. The second-order valence-corrected chi connectivity index (χ2v) is 5.05. The molecule has 102 valence electrons. The first-order valence-electron chi connectivity index (χ1n) is 6.42. The number of morpholine rings is 1. The summed E-state index contributed by atoms with van der Waals surface area (Å²) < 4.78 is 5.63. The van der Waals surface area contributed by atoms with Gasteiger partial charge in [0.2, 0.25) is 11.8 Å². The van der Waals surface area contributed by atoms with Crippen molar-refractivity contribution in [2.75, 3.05) is 40.3 Å². The SMILES string of the molecule is CN1CCOC(CNC2CCC(=O)N(C)C2=O)C1. The van der Waals surface area contributed by atoms with Gasteiger partial charge < -0.3 is 15.0 Å². The molecule has 0 radical (unpaired) electrons. The lowest BCUT2D eigenvalue weighted by Crippen LogP contribution is -2.54. The van der Waals surface area contributed by atoms with Gasteiger partial charge in [-0.25, -0.2) is 0 Å². The standard InChI is InChI=1S/C12H21N3O3/c1-14-5-6-18-9(8-14)7-13-10-3-4-11(16)15(2)12(10)17/h9-10,13H,3-8H2,1-2H3. The van der Waals surface area contributed by atoms with E-state index in [2.05, 4.69) is 17.3 Å². The van der Waals surface area contributed by atoms with Gasteiger partial charge in [-0.05, 0) is 13.5 Å². The van der Waals surface area contributed by atoms with E-state index in [1.165, 1.54) is 4.90 Å². The molecule has 2 amide bonds. The highest BCUT2D eigenvalue weighted by Gasteiger charge is 2.32. The summed E-state index contributed by atoms with van der Waals surface area (Å²) in [4.78, 5) is 26.6. The fraction of sp³-hybridized carbons (Fsp3) is 0.833. The molecule has 2 atom stereocenters. The fourth-order valence-corrected chi connectivity index (χ4v) is 2.37. The number of hydrogen-bond acceptors (Lipinski definition) is 5. The zero-order chi connectivity index (χ0) is 13.1. The average molecular weight is 255 g/mol. The molecule has 0 aromatic carbocycles. The van der Waals surface area contributed by atoms with E-state index >= 15 is 0 Å². The lowest BCUT2D eigenvalue weighted by molar-refractivity contribution is -0.148. The predicted molar refractivity (Wildman–Crippen MR) is 66.0 cm³/mol. The van der Waals surface area contributed by atoms with E-state index in [1.807, 2.05) is 0 Å². The van der Waals surface area contributed by atoms with E-state index in [4.69, 9.17) is 4.74 Å². The van der Waals surface area contributed by atoms with Crippen LogP contribution in [-0.2, 0) is 14.3 Å². The third-order valence-electron chi connectivity index (χ3n) is 3.58. The normalized spacial score (nSPS) is 30.9. The Labute approximate surface area is 107 Å². The van der Waals surface area contributed by atoms with Crippen molar-refractivity contribution in [3.8, 4) is 0 Å². The number of nitrogens with zero attached hydrogens (tertiary/aromatic N) is 2. The Morgan fingerprint density at radius 2 is 2.17 bits per heavy atom. The minimum Gasteiger partial charge on any atom is -0.374 e. The molecule has 0 saturated carbocycles. The van der Waals surface area contributed by atoms with Gasteiger partial charge in [-0.3, -0.25) is 14.5 Å². The van der Waals surface area contributed by atoms with Gasteiger partial charge in [-0.15, -0.1) is 0 Å². The van der Waals surface area contributed by atoms with Crippen LogP contribution in [0.25, 0.3) is 0 Å². The molecular formula is C12H21N3O3. The summed E-state index contributed by atoms with van der Waals surface area (Å²) >= 11 is 0. The van der Waals surface area contributed by atoms with Gasteiger partial charge in [0.15, 0.2) is 0 Å². The smallest absolute Gasteiger partial charge is 0.246 e. The lowest BCUT2D eigenvalue weighted by atomic mass is 10.0. The highest BCUT2D eigenvalue weighted by atomic mass is 16.5. The van der Waals surface area contributed by atoms with Gasteiger partial charge in [0.1, 0.15) is 0 Å². The van der Waals surface area contributed by atoms with Crippen molar-refractivity contribution in [1.29, 1.82) is 0 Å². The van der Waals surface area contributed by atoms with E-state index in [9.17, 15) is 9.59 Å². The molecule has 2 heterocycles. The van der Waals surface area contributed by atoms with E-state index in [1.54, 1.807) is 7.05 Å². The van der Waals surface area contributed by atoms with Crippen LogP contribution < -0.4 is 5.32 Å². The van der Waals surface area contributed by atoms with Crippen molar-refractivity contribution in [3.63, 3.8) is 0 Å². The molecule has 0 bridgehead atoms. The molecule has 18 heavy (non-hydrogen) atoms. The zero-order valence-corrected chi connectivity index (χ0v) is 11.0. The molecule has 0 aromatic rings. The topological polar surface area (TPSA) is 61.9 Å². The average Bonchev–Trinajstić information content (AvgIpc) is 2.35. The molecule has 6 heteroatoms. The number of carbonyl (C=O) groups is 2. The van der Waals surface area contributed by atoms with Crippen LogP contribution in [-0.4, -0.2) is 74.1 Å². The third kappa shape index (κ3) is 3.07. The monoisotopic (exact) mass is 255 g/mol. The number of likely N-dealkylation sites (tertiary alicyclic amines) is 1. The number of carbonyl (C=O) groups excluding carboxylic acids is 2. The maximum absolute atomic E-state index is 11.9. The van der Waals surface area contributed by atoms with Crippen molar-refractivity contribution in [1.82, 2.24) is 15.1 Å². The number of imide groups is 1. The number of piperidine rings is 1. The Morgan fingerprint density at radius 1 is 1.39 bits per heavy atom. The maximum atomic E-state index is 11.9. The van der Waals surface area contributed by atoms with Crippen molar-refractivity contribution >= 4 is 11.8 Å². The Morgan fingerprint density at radius 3 is 2.89 bits per heavy atom. The summed E-state index contributed by atoms with van der Waals surface area (Å²) in [6.45, 7) is 3.22. The number of nitrogens with one attached hydrogen (secondary N) is 1. The Bertz CT molecular complexity index is 335. The summed E-state index contributed by atoms with van der Waals surface area (Å²) in [5.41, 5.74) is 0. The summed E-state index contributed by atoms with van der Waals surface area (Å²) in [7, 11) is 3.61. The van der Waals surface area contributed by atoms with E-state index < -0.39 is 0 Å². The van der Waals surface area contributed by atoms with Crippen molar-refractivity contribution in [2.45, 2.75) is 25.0 Å². The van der Waals surface area contributed by atoms with Gasteiger partial charge in [0, 0.05) is 33.1 Å². The minimum atomic E-state index is -0.247. The molecule has 2 saturated heterocycles. The number of ether oxygens (including phenoxy) is 1. The molecule has 0 aliphatic carbocycles. The van der Waals surface area contributed by atoms with E-state index in [0.717, 1.165) is 19.7 Å². The lowest BCUT2D eigenvalue weighted by Gasteiger charge is -2.33. The fourth-order valence-electron chi connectivity index (χ4n) is 2.37. The Hall–Kier alpha value is -0.980. The first-order valence-corrected chi connectivity index (χ1v) is 6.42. The minimum absolute atomic E-state index is 0.0910. The molecule has 2 unspecified atom stereocenters. The van der Waals surface area contributed by atoms with Crippen LogP contribution in [0.1, 0.15) is 12.8 Å². The second-order valence-electron chi connectivity index (χ2n) is 5.05. The van der Waals surface area contributed by atoms with Crippen LogP contribution in [0, 0.1) is 0 Å². The first-order chi connectivity index (χ1) is 8.58. The molecule has 2 aliphatic heterocycles. The van der Waals surface area contributed by atoms with Gasteiger partial charge in [0.05, 0.1) is 18.8 Å². The Balaban J connectivity index is 1.79. The summed E-state index contributed by atoms with van der Waals surface area (Å²) in [6, 6.07) is -0.247. The molecule has 2 aliphatic rings. The quantitative estimate of drug-likeness (QED) is 0.659. The van der Waals surface area contributed by atoms with Crippen LogP contribution in [0.15, 0.2) is 0 Å². The van der Waals surface area contributed by atoms with Crippen LogP contribution in [0.4, 0.5) is 0 Å². The van der Waals surface area contributed by atoms with E-state index in [0.29, 0.717) is 19.4 Å². The number of hydrogen-bond donors (Lipinski definition) is 1. The predicted octanol–water partition coefficient (Wildman–Crippen LogP) is -0.946. The number of likely N-dealkylation sites (N-methyl/N-ethyl adjacent to an activating group) is 2. The van der Waals surface area contributed by atoms with Crippen LogP contribution in [0.2, 0.25) is 0 Å². The van der Waals surface area contributed by atoms with Gasteiger partial charge >= 0.3 is 0 Å². The molecule has 2 fully saturated rings. The Kier molecular flexibility index (Phi) is 4.31. The van der Waals surface area contributed by atoms with Gasteiger partial charge in [-0.2, -0.15) is 0 Å². The first kappa shape index (κ1) is 13.5. The largest absolute Gasteiger partial charge is 0.374 e. The molecule has 0 spiro atoms. The maximum Gasteiger partial charge on any atom is 0.246 e. The second kappa shape index (κ2) is 5.77. The van der Waals surface area contributed by atoms with Crippen molar-refractivity contribution in [2.24, 2.45) is 0 Å². The van der Waals surface area contributed by atoms with Gasteiger partial charge in [0.25, 0.3) is 0 Å². The van der Waals surface area contributed by atoms with Crippen LogP contribution >= 0.6 is 0 Å². The third-order valence-corrected chi connectivity index (χ3v) is 3.58. The highest BCUT2D eigenvalue weighted by Crippen LogP contribution is 2.12. The zero-order valence-electron chi connectivity index (χ0n) is 11.0.